The Kier molecular flexibility index (Phi) is 6.88. The van der Waals surface area contributed by atoms with Crippen molar-refractivity contribution in [1.29, 1.82) is 0 Å². The first-order chi connectivity index (χ1) is 11.9. The molecule has 2 rings (SSSR count). The molecule has 0 fully saturated rings. The number of benzene rings is 1. The van der Waals surface area contributed by atoms with Crippen molar-refractivity contribution >= 4 is 16.7 Å². The summed E-state index contributed by atoms with van der Waals surface area (Å²) >= 11 is 0. The average Bonchev–Trinajstić information content (AvgIpc) is 2.55. The highest BCUT2D eigenvalue weighted by atomic mass is 32.2. The van der Waals surface area contributed by atoms with E-state index in [1.165, 1.54) is 16.7 Å². The van der Waals surface area contributed by atoms with Gasteiger partial charge in [-0.1, -0.05) is 30.7 Å². The highest BCUT2D eigenvalue weighted by molar-refractivity contribution is 7.87. The van der Waals surface area contributed by atoms with Gasteiger partial charge in [-0.3, -0.25) is 0 Å². The van der Waals surface area contributed by atoms with Crippen LogP contribution in [0.5, 0.6) is 5.75 Å². The summed E-state index contributed by atoms with van der Waals surface area (Å²) in [5, 5.41) is 0.0400. The Morgan fingerprint density at radius 1 is 1.44 bits per heavy atom. The highest BCUT2D eigenvalue weighted by Gasteiger charge is 2.38. The molecule has 0 radical (unpaired) electrons. The topological polar surface area (TPSA) is 38.3 Å². The largest absolute Gasteiger partial charge is 0.495 e. The first kappa shape index (κ1) is 19.8. The molecule has 0 saturated carbocycles. The molecule has 1 heterocycles. The van der Waals surface area contributed by atoms with Crippen molar-refractivity contribution in [1.82, 2.24) is 0 Å². The van der Waals surface area contributed by atoms with E-state index >= 15 is 0 Å². The molecular formula is C21H31NO2S. The minimum Gasteiger partial charge on any atom is -0.495 e. The van der Waals surface area contributed by atoms with Crippen LogP contribution < -0.4 is 9.46 Å². The summed E-state index contributed by atoms with van der Waals surface area (Å²) in [5.41, 5.74) is 4.64. The number of nitrogens with one attached hydrogen (secondary N) is 1. The molecule has 0 aromatic heterocycles. The molecule has 0 bridgehead atoms. The quantitative estimate of drug-likeness (QED) is 0.651. The van der Waals surface area contributed by atoms with Crippen molar-refractivity contribution in [3.05, 3.63) is 47.6 Å². The summed E-state index contributed by atoms with van der Waals surface area (Å²) in [6, 6.07) is 4.22. The molecule has 1 aromatic rings. The van der Waals surface area contributed by atoms with Gasteiger partial charge in [0.25, 0.3) is 0 Å². The molecule has 3 nitrogen and oxygen atoms in total. The third kappa shape index (κ3) is 4.55. The maximum absolute atomic E-state index is 12.9. The lowest BCUT2D eigenvalue weighted by atomic mass is 9.79. The van der Waals surface area contributed by atoms with E-state index in [4.69, 9.17) is 4.74 Å². The van der Waals surface area contributed by atoms with Crippen LogP contribution in [0.3, 0.4) is 0 Å². The maximum atomic E-state index is 12.9. The number of hydrogen-bond acceptors (Lipinski definition) is 2. The van der Waals surface area contributed by atoms with Gasteiger partial charge in [-0.25, -0.2) is 4.21 Å². The van der Waals surface area contributed by atoms with Gasteiger partial charge in [-0.05, 0) is 63.1 Å². The van der Waals surface area contributed by atoms with Crippen LogP contribution in [0.15, 0.2) is 36.4 Å². The molecule has 1 aromatic carbocycles. The summed E-state index contributed by atoms with van der Waals surface area (Å²) < 4.78 is 21.6. The molecule has 0 saturated heterocycles. The molecule has 25 heavy (non-hydrogen) atoms. The highest BCUT2D eigenvalue weighted by Crippen LogP contribution is 2.46. The van der Waals surface area contributed by atoms with Gasteiger partial charge in [0.2, 0.25) is 0 Å². The Labute approximate surface area is 155 Å². The van der Waals surface area contributed by atoms with Crippen molar-refractivity contribution in [2.75, 3.05) is 11.8 Å². The van der Waals surface area contributed by atoms with Gasteiger partial charge in [0.1, 0.15) is 16.7 Å². The van der Waals surface area contributed by atoms with Crippen LogP contribution in [0.2, 0.25) is 0 Å². The Hall–Kier alpha value is -1.55. The molecule has 0 spiro atoms. The van der Waals surface area contributed by atoms with Crippen molar-refractivity contribution in [3.63, 3.8) is 0 Å². The van der Waals surface area contributed by atoms with E-state index < -0.39 is 11.0 Å². The number of aryl methyl sites for hydroxylation is 1. The second-order valence-corrected chi connectivity index (χ2v) is 8.66. The molecule has 0 unspecified atom stereocenters. The zero-order chi connectivity index (χ0) is 18.6. The zero-order valence-corrected chi connectivity index (χ0v) is 16.9. The first-order valence-electron chi connectivity index (χ1n) is 8.99. The fourth-order valence-electron chi connectivity index (χ4n) is 3.71. The normalized spacial score (nSPS) is 23.2. The lowest BCUT2D eigenvalue weighted by Gasteiger charge is -2.37. The Balaban J connectivity index is 2.45. The number of anilines is 1. The number of ether oxygens (including phenoxy) is 1. The lowest BCUT2D eigenvalue weighted by Crippen LogP contribution is -2.36. The van der Waals surface area contributed by atoms with Gasteiger partial charge in [-0.2, -0.15) is 0 Å². The van der Waals surface area contributed by atoms with E-state index in [0.29, 0.717) is 5.92 Å². The zero-order valence-electron chi connectivity index (χ0n) is 16.1. The van der Waals surface area contributed by atoms with Crippen LogP contribution in [-0.4, -0.2) is 16.6 Å². The Morgan fingerprint density at radius 2 is 2.16 bits per heavy atom. The van der Waals surface area contributed by atoms with E-state index in [0.717, 1.165) is 30.7 Å². The molecule has 0 amide bonds. The SMILES string of the molecule is C=CC[C@H]1[C@H]([C@@H](C)CCC=C(C)C)c2cc(C)cc(OC)c2N[S@]1=O. The van der Waals surface area contributed by atoms with Crippen LogP contribution in [0.25, 0.3) is 0 Å². The molecular weight excluding hydrogens is 330 g/mol. The molecule has 1 aliphatic rings. The van der Waals surface area contributed by atoms with Crippen molar-refractivity contribution in [3.8, 4) is 5.75 Å². The second-order valence-electron chi connectivity index (χ2n) is 7.26. The minimum absolute atomic E-state index is 0.0400. The van der Waals surface area contributed by atoms with Gasteiger partial charge in [0.05, 0.1) is 18.0 Å². The van der Waals surface area contributed by atoms with Gasteiger partial charge < -0.3 is 9.46 Å². The molecule has 4 atom stereocenters. The number of allylic oxidation sites excluding steroid dienone is 3. The third-order valence-corrected chi connectivity index (χ3v) is 6.36. The van der Waals surface area contributed by atoms with E-state index in [2.05, 4.69) is 51.1 Å². The van der Waals surface area contributed by atoms with E-state index in [1.54, 1.807) is 7.11 Å². The van der Waals surface area contributed by atoms with E-state index in [9.17, 15) is 4.21 Å². The summed E-state index contributed by atoms with van der Waals surface area (Å²) in [4.78, 5) is 0. The van der Waals surface area contributed by atoms with E-state index in [1.807, 2.05) is 12.1 Å². The second kappa shape index (κ2) is 8.70. The van der Waals surface area contributed by atoms with Crippen LogP contribution in [-0.2, 0) is 11.0 Å². The van der Waals surface area contributed by atoms with Crippen LogP contribution in [0, 0.1) is 12.8 Å². The van der Waals surface area contributed by atoms with Gasteiger partial charge in [0.15, 0.2) is 0 Å². The standard InChI is InChI=1S/C21H31NO2S/c1-7-9-19-20(16(5)11-8-10-14(2)3)17-12-15(4)13-18(24-6)21(17)22-25(19)23/h7,10,12-13,16,19-20,22H,1,8-9,11H2,2-6H3/t16-,19-,20+,25-/m0/s1. The fraction of sp³-hybridized carbons (Fsp3) is 0.524. The predicted molar refractivity (Wildman–Crippen MR) is 109 cm³/mol. The first-order valence-corrected chi connectivity index (χ1v) is 10.2. The van der Waals surface area contributed by atoms with Gasteiger partial charge >= 0.3 is 0 Å². The summed E-state index contributed by atoms with van der Waals surface area (Å²) in [7, 11) is 0.530. The van der Waals surface area contributed by atoms with Crippen LogP contribution in [0.4, 0.5) is 5.69 Å². The summed E-state index contributed by atoms with van der Waals surface area (Å²) in [5.74, 6) is 1.44. The fourth-order valence-corrected chi connectivity index (χ4v) is 5.27. The monoisotopic (exact) mass is 361 g/mol. The Bertz CT molecular complexity index is 677. The van der Waals surface area contributed by atoms with Crippen molar-refractivity contribution in [2.45, 2.75) is 58.1 Å². The molecule has 138 valence electrons. The molecule has 0 aliphatic carbocycles. The van der Waals surface area contributed by atoms with Crippen LogP contribution in [0.1, 0.15) is 57.1 Å². The van der Waals surface area contributed by atoms with E-state index in [-0.39, 0.29) is 11.2 Å². The molecule has 4 heteroatoms. The summed E-state index contributed by atoms with van der Waals surface area (Å²) in [6.07, 6.45) is 7.05. The number of rotatable bonds is 7. The smallest absolute Gasteiger partial charge is 0.143 e. The third-order valence-electron chi connectivity index (χ3n) is 4.92. The summed E-state index contributed by atoms with van der Waals surface area (Å²) in [6.45, 7) is 12.5. The maximum Gasteiger partial charge on any atom is 0.143 e. The number of fused-ring (bicyclic) bond motifs is 1. The van der Waals surface area contributed by atoms with Crippen molar-refractivity contribution in [2.24, 2.45) is 5.92 Å². The molecule has 1 aliphatic heterocycles. The number of hydrogen-bond donors (Lipinski definition) is 1. The number of methoxy groups -OCH3 is 1. The van der Waals surface area contributed by atoms with Gasteiger partial charge in [-0.15, -0.1) is 6.58 Å². The average molecular weight is 362 g/mol. The van der Waals surface area contributed by atoms with Crippen molar-refractivity contribution < 1.29 is 8.95 Å². The van der Waals surface area contributed by atoms with Gasteiger partial charge in [0, 0.05) is 5.92 Å². The van der Waals surface area contributed by atoms with Crippen LogP contribution >= 0.6 is 0 Å². The lowest BCUT2D eigenvalue weighted by molar-refractivity contribution is 0.401. The minimum atomic E-state index is -1.14. The predicted octanol–water partition coefficient (Wildman–Crippen LogP) is 5.50. The molecule has 1 N–H and O–H groups in total. The Morgan fingerprint density at radius 3 is 2.76 bits per heavy atom.